The number of nitrogens with one attached hydrogen (secondary N) is 1. The van der Waals surface area contributed by atoms with Crippen LogP contribution in [0.2, 0.25) is 5.02 Å². The summed E-state index contributed by atoms with van der Waals surface area (Å²) in [6, 6.07) is 27.5. The molecule has 1 aliphatic rings. The van der Waals surface area contributed by atoms with E-state index in [0.717, 1.165) is 9.80 Å². The molecule has 0 unspecified atom stereocenters. The van der Waals surface area contributed by atoms with Gasteiger partial charge in [-0.1, -0.05) is 66.2 Å². The molecule has 0 spiro atoms. The summed E-state index contributed by atoms with van der Waals surface area (Å²) in [4.78, 5) is 55.0. The van der Waals surface area contributed by atoms with Gasteiger partial charge in [-0.3, -0.25) is 14.4 Å². The van der Waals surface area contributed by atoms with Crippen LogP contribution in [0.3, 0.4) is 0 Å². The zero-order valence-electron chi connectivity index (χ0n) is 22.3. The SMILES string of the molecule is COc1cc(C=C2C(=O)N(c3ccccc3)C(=O)N(c3ccccc3)C2=O)ccc1OCC(=O)Nc1ccccc1Cl. The first kappa shape index (κ1) is 28.1. The Bertz CT molecular complexity index is 1630. The van der Waals surface area contributed by atoms with E-state index >= 15 is 0 Å². The van der Waals surface area contributed by atoms with E-state index in [9.17, 15) is 19.2 Å². The average Bonchev–Trinajstić information content (AvgIpc) is 3.01. The molecule has 0 radical (unpaired) electrons. The number of methoxy groups -OCH3 is 1. The number of carbonyl (C=O) groups excluding carboxylic acids is 4. The molecule has 1 fully saturated rings. The number of hydrogen-bond acceptors (Lipinski definition) is 6. The van der Waals surface area contributed by atoms with E-state index in [1.807, 2.05) is 0 Å². The molecule has 1 saturated heterocycles. The largest absolute Gasteiger partial charge is 0.493 e. The summed E-state index contributed by atoms with van der Waals surface area (Å²) in [5.74, 6) is -1.43. The van der Waals surface area contributed by atoms with Crippen LogP contribution in [0.1, 0.15) is 5.56 Å². The lowest BCUT2D eigenvalue weighted by Crippen LogP contribution is -2.57. The Labute approximate surface area is 246 Å². The van der Waals surface area contributed by atoms with Gasteiger partial charge in [-0.25, -0.2) is 14.6 Å². The molecule has 210 valence electrons. The third-order valence-electron chi connectivity index (χ3n) is 6.28. The standard InChI is InChI=1S/C32H24ClN3O6/c1-41-28-19-21(16-17-27(28)42-20-29(37)34-26-15-9-8-14-25(26)33)18-24-30(38)35(22-10-4-2-5-11-22)32(40)36(31(24)39)23-12-6-3-7-13-23/h2-19H,20H2,1H3,(H,34,37). The van der Waals surface area contributed by atoms with Crippen molar-refractivity contribution in [2.45, 2.75) is 0 Å². The molecule has 1 N–H and O–H groups in total. The van der Waals surface area contributed by atoms with Crippen LogP contribution in [-0.4, -0.2) is 37.5 Å². The second-order valence-electron chi connectivity index (χ2n) is 9.02. The van der Waals surface area contributed by atoms with E-state index in [-0.39, 0.29) is 23.7 Å². The minimum absolute atomic E-state index is 0.225. The Hall–Kier alpha value is -5.41. The van der Waals surface area contributed by atoms with Crippen molar-refractivity contribution >= 4 is 58.5 Å². The molecule has 0 aliphatic carbocycles. The highest BCUT2D eigenvalue weighted by Gasteiger charge is 2.43. The summed E-state index contributed by atoms with van der Waals surface area (Å²) in [6.07, 6.45) is 1.39. The molecule has 9 nitrogen and oxygen atoms in total. The van der Waals surface area contributed by atoms with Crippen molar-refractivity contribution in [2.24, 2.45) is 0 Å². The normalized spacial score (nSPS) is 13.2. The minimum Gasteiger partial charge on any atom is -0.493 e. The first-order valence-electron chi connectivity index (χ1n) is 12.8. The number of nitrogens with zero attached hydrogens (tertiary/aromatic N) is 2. The van der Waals surface area contributed by atoms with Crippen molar-refractivity contribution < 1.29 is 28.7 Å². The van der Waals surface area contributed by atoms with Crippen molar-refractivity contribution in [1.29, 1.82) is 0 Å². The van der Waals surface area contributed by atoms with Crippen LogP contribution in [0.25, 0.3) is 6.08 Å². The monoisotopic (exact) mass is 581 g/mol. The molecule has 0 bridgehead atoms. The fourth-order valence-electron chi connectivity index (χ4n) is 4.29. The lowest BCUT2D eigenvalue weighted by Gasteiger charge is -2.33. The molecule has 1 heterocycles. The van der Waals surface area contributed by atoms with Gasteiger partial charge in [0.05, 0.1) is 29.2 Å². The fourth-order valence-corrected chi connectivity index (χ4v) is 4.47. The summed E-state index contributed by atoms with van der Waals surface area (Å²) >= 11 is 6.09. The summed E-state index contributed by atoms with van der Waals surface area (Å²) in [5, 5.41) is 3.07. The maximum Gasteiger partial charge on any atom is 0.343 e. The van der Waals surface area contributed by atoms with Gasteiger partial charge in [0.1, 0.15) is 5.57 Å². The molecule has 0 aromatic heterocycles. The summed E-state index contributed by atoms with van der Waals surface area (Å²) in [5.41, 5.74) is 1.31. The van der Waals surface area contributed by atoms with Crippen LogP contribution in [0.5, 0.6) is 11.5 Å². The van der Waals surface area contributed by atoms with Crippen molar-refractivity contribution in [2.75, 3.05) is 28.8 Å². The van der Waals surface area contributed by atoms with Crippen molar-refractivity contribution in [3.05, 3.63) is 119 Å². The van der Waals surface area contributed by atoms with Gasteiger partial charge in [0.25, 0.3) is 17.7 Å². The van der Waals surface area contributed by atoms with Crippen LogP contribution in [0.4, 0.5) is 21.9 Å². The number of rotatable bonds is 8. The molecule has 4 aromatic rings. The smallest absolute Gasteiger partial charge is 0.343 e. The van der Waals surface area contributed by atoms with Gasteiger partial charge in [0.2, 0.25) is 0 Å². The zero-order valence-corrected chi connectivity index (χ0v) is 23.1. The van der Waals surface area contributed by atoms with Gasteiger partial charge in [-0.05, 0) is 60.2 Å². The number of ether oxygens (including phenoxy) is 2. The Morgan fingerprint density at radius 1 is 0.786 bits per heavy atom. The number of urea groups is 1. The fraction of sp³-hybridized carbons (Fsp3) is 0.0625. The maximum atomic E-state index is 13.6. The van der Waals surface area contributed by atoms with Crippen LogP contribution in [-0.2, 0) is 14.4 Å². The average molecular weight is 582 g/mol. The summed E-state index contributed by atoms with van der Waals surface area (Å²) < 4.78 is 11.1. The van der Waals surface area contributed by atoms with Crippen LogP contribution in [0, 0.1) is 0 Å². The minimum atomic E-state index is -0.782. The van der Waals surface area contributed by atoms with E-state index in [1.165, 1.54) is 13.2 Å². The quantitative estimate of drug-likeness (QED) is 0.204. The van der Waals surface area contributed by atoms with E-state index in [1.54, 1.807) is 103 Å². The number of imide groups is 2. The molecule has 0 saturated carbocycles. The second kappa shape index (κ2) is 12.4. The van der Waals surface area contributed by atoms with Gasteiger partial charge in [0, 0.05) is 0 Å². The number of halogens is 1. The number of amides is 5. The number of anilines is 3. The van der Waals surface area contributed by atoms with Crippen molar-refractivity contribution in [3.63, 3.8) is 0 Å². The molecule has 1 aliphatic heterocycles. The Kier molecular flexibility index (Phi) is 8.31. The van der Waals surface area contributed by atoms with E-state index in [4.69, 9.17) is 21.1 Å². The highest BCUT2D eigenvalue weighted by molar-refractivity contribution is 6.46. The zero-order chi connectivity index (χ0) is 29.6. The summed E-state index contributed by atoms with van der Waals surface area (Å²) in [7, 11) is 1.42. The second-order valence-corrected chi connectivity index (χ2v) is 9.43. The van der Waals surface area contributed by atoms with E-state index < -0.39 is 23.8 Å². The number of barbiturate groups is 1. The molecule has 5 rings (SSSR count). The predicted octanol–water partition coefficient (Wildman–Crippen LogP) is 5.95. The van der Waals surface area contributed by atoms with Crippen LogP contribution in [0.15, 0.2) is 109 Å². The van der Waals surface area contributed by atoms with Gasteiger partial charge < -0.3 is 14.8 Å². The molecule has 42 heavy (non-hydrogen) atoms. The van der Waals surface area contributed by atoms with Gasteiger partial charge in [-0.15, -0.1) is 0 Å². The van der Waals surface area contributed by atoms with Crippen molar-refractivity contribution in [3.8, 4) is 11.5 Å². The van der Waals surface area contributed by atoms with Gasteiger partial charge in [-0.2, -0.15) is 0 Å². The molecule has 10 heteroatoms. The Morgan fingerprint density at radius 3 is 1.93 bits per heavy atom. The highest BCUT2D eigenvalue weighted by atomic mass is 35.5. The highest BCUT2D eigenvalue weighted by Crippen LogP contribution is 2.32. The number of carbonyl (C=O) groups is 4. The molecule has 4 aromatic carbocycles. The predicted molar refractivity (Wildman–Crippen MR) is 160 cm³/mol. The van der Waals surface area contributed by atoms with Crippen molar-refractivity contribution in [1.82, 2.24) is 0 Å². The van der Waals surface area contributed by atoms with Gasteiger partial charge in [0.15, 0.2) is 18.1 Å². The number of hydrogen-bond donors (Lipinski definition) is 1. The van der Waals surface area contributed by atoms with E-state index in [2.05, 4.69) is 5.32 Å². The van der Waals surface area contributed by atoms with E-state index in [0.29, 0.717) is 27.6 Å². The third-order valence-corrected chi connectivity index (χ3v) is 6.61. The first-order chi connectivity index (χ1) is 20.4. The van der Waals surface area contributed by atoms with Crippen LogP contribution >= 0.6 is 11.6 Å². The Balaban J connectivity index is 1.43. The summed E-state index contributed by atoms with van der Waals surface area (Å²) in [6.45, 7) is -0.320. The lowest BCUT2D eigenvalue weighted by molar-refractivity contribution is -0.121. The first-order valence-corrected chi connectivity index (χ1v) is 13.1. The molecular weight excluding hydrogens is 558 g/mol. The topological polar surface area (TPSA) is 105 Å². The maximum absolute atomic E-state index is 13.6. The molecule has 0 atom stereocenters. The molecule has 5 amide bonds. The number of para-hydroxylation sites is 3. The lowest BCUT2D eigenvalue weighted by atomic mass is 10.0. The molecular formula is C32H24ClN3O6. The number of benzene rings is 4. The van der Waals surface area contributed by atoms with Crippen LogP contribution < -0.4 is 24.6 Å². The van der Waals surface area contributed by atoms with Gasteiger partial charge >= 0.3 is 6.03 Å². The Morgan fingerprint density at radius 2 is 1.36 bits per heavy atom. The third kappa shape index (κ3) is 5.86.